The zero-order valence-electron chi connectivity index (χ0n) is 14.9. The number of rotatable bonds is 6. The number of carboxylic acids is 1. The third kappa shape index (κ3) is 4.37. The first kappa shape index (κ1) is 18.0. The summed E-state index contributed by atoms with van der Waals surface area (Å²) < 4.78 is 5.35. The van der Waals surface area contributed by atoms with Gasteiger partial charge >= 0.3 is 12.1 Å². The van der Waals surface area contributed by atoms with Crippen LogP contribution in [-0.4, -0.2) is 52.8 Å². The van der Waals surface area contributed by atoms with E-state index in [1.807, 2.05) is 20.8 Å². The first-order valence-corrected chi connectivity index (χ1v) is 8.42. The van der Waals surface area contributed by atoms with Crippen molar-refractivity contribution in [2.24, 2.45) is 11.3 Å². The molecule has 132 valence electrons. The van der Waals surface area contributed by atoms with Gasteiger partial charge in [0.2, 0.25) is 0 Å². The van der Waals surface area contributed by atoms with Crippen molar-refractivity contribution in [3.05, 3.63) is 0 Å². The summed E-state index contributed by atoms with van der Waals surface area (Å²) >= 11 is 0. The van der Waals surface area contributed by atoms with Gasteiger partial charge in [0.1, 0.15) is 5.60 Å². The van der Waals surface area contributed by atoms with Crippen molar-refractivity contribution in [3.63, 3.8) is 0 Å². The van der Waals surface area contributed by atoms with Crippen molar-refractivity contribution in [1.29, 1.82) is 0 Å². The van der Waals surface area contributed by atoms with E-state index in [9.17, 15) is 14.7 Å². The van der Waals surface area contributed by atoms with Gasteiger partial charge in [0.25, 0.3) is 0 Å². The molecule has 0 aromatic carbocycles. The van der Waals surface area contributed by atoms with Crippen molar-refractivity contribution in [1.82, 2.24) is 10.2 Å². The van der Waals surface area contributed by atoms with Crippen LogP contribution in [0.1, 0.15) is 53.9 Å². The van der Waals surface area contributed by atoms with Crippen LogP contribution in [0, 0.1) is 11.3 Å². The highest BCUT2D eigenvalue weighted by Crippen LogP contribution is 2.51. The van der Waals surface area contributed by atoms with Crippen LogP contribution in [0.15, 0.2) is 0 Å². The van der Waals surface area contributed by atoms with Gasteiger partial charge in [-0.05, 0) is 44.9 Å². The van der Waals surface area contributed by atoms with Crippen LogP contribution in [0.25, 0.3) is 0 Å². The summed E-state index contributed by atoms with van der Waals surface area (Å²) in [5.41, 5.74) is -0.754. The van der Waals surface area contributed by atoms with E-state index in [1.54, 1.807) is 4.90 Å². The van der Waals surface area contributed by atoms with Crippen molar-refractivity contribution in [2.45, 2.75) is 65.0 Å². The van der Waals surface area contributed by atoms with E-state index in [1.165, 1.54) is 12.8 Å². The van der Waals surface area contributed by atoms with Crippen LogP contribution in [-0.2, 0) is 9.53 Å². The topological polar surface area (TPSA) is 78.9 Å². The minimum atomic E-state index is -0.837. The van der Waals surface area contributed by atoms with Gasteiger partial charge in [-0.1, -0.05) is 13.8 Å². The van der Waals surface area contributed by atoms with Crippen LogP contribution >= 0.6 is 0 Å². The van der Waals surface area contributed by atoms with E-state index < -0.39 is 17.1 Å². The number of carbonyl (C=O) groups excluding carboxylic acids is 1. The zero-order chi connectivity index (χ0) is 17.5. The fraction of sp³-hybridized carbons (Fsp3) is 0.882. The van der Waals surface area contributed by atoms with Crippen molar-refractivity contribution < 1.29 is 19.4 Å². The SMILES string of the molecule is CC(C)C1(CNC2(CC(=O)O)CN(C(=O)OC(C)(C)C)C2)CC1. The average Bonchev–Trinajstić information content (AvgIpc) is 3.09. The largest absolute Gasteiger partial charge is 0.481 e. The van der Waals surface area contributed by atoms with Gasteiger partial charge in [-0.25, -0.2) is 4.79 Å². The summed E-state index contributed by atoms with van der Waals surface area (Å²) in [6.07, 6.45) is 2.04. The maximum Gasteiger partial charge on any atom is 0.410 e. The Labute approximate surface area is 138 Å². The lowest BCUT2D eigenvalue weighted by Crippen LogP contribution is -2.71. The highest BCUT2D eigenvalue weighted by Gasteiger charge is 2.51. The van der Waals surface area contributed by atoms with Crippen molar-refractivity contribution in [3.8, 4) is 0 Å². The summed E-state index contributed by atoms with van der Waals surface area (Å²) in [5, 5.41) is 12.7. The normalized spacial score (nSPS) is 21.7. The Balaban J connectivity index is 1.92. The van der Waals surface area contributed by atoms with Gasteiger partial charge in [-0.3, -0.25) is 4.79 Å². The molecule has 0 unspecified atom stereocenters. The van der Waals surface area contributed by atoms with Crippen LogP contribution in [0.4, 0.5) is 4.79 Å². The first-order valence-electron chi connectivity index (χ1n) is 8.42. The van der Waals surface area contributed by atoms with E-state index in [0.29, 0.717) is 24.4 Å². The summed E-state index contributed by atoms with van der Waals surface area (Å²) in [5.74, 6) is -0.255. The molecule has 0 radical (unpaired) electrons. The lowest BCUT2D eigenvalue weighted by Gasteiger charge is -2.50. The molecule has 0 aromatic rings. The predicted molar refractivity (Wildman–Crippen MR) is 87.3 cm³/mol. The molecule has 23 heavy (non-hydrogen) atoms. The van der Waals surface area contributed by atoms with Gasteiger partial charge in [0.05, 0.1) is 12.0 Å². The van der Waals surface area contributed by atoms with Gasteiger partial charge in [0.15, 0.2) is 0 Å². The Morgan fingerprint density at radius 1 is 1.26 bits per heavy atom. The van der Waals surface area contributed by atoms with Crippen LogP contribution in [0.5, 0.6) is 0 Å². The fourth-order valence-corrected chi connectivity index (χ4v) is 3.20. The van der Waals surface area contributed by atoms with Crippen LogP contribution in [0.3, 0.4) is 0 Å². The quantitative estimate of drug-likeness (QED) is 0.784. The van der Waals surface area contributed by atoms with E-state index in [-0.39, 0.29) is 12.5 Å². The van der Waals surface area contributed by atoms with Gasteiger partial charge in [0, 0.05) is 19.6 Å². The Morgan fingerprint density at radius 2 is 1.83 bits per heavy atom. The molecule has 1 aliphatic heterocycles. The number of hydrogen-bond acceptors (Lipinski definition) is 4. The molecule has 2 rings (SSSR count). The number of amides is 1. The molecule has 0 aromatic heterocycles. The minimum absolute atomic E-state index is 0.0282. The number of likely N-dealkylation sites (tertiary alicyclic amines) is 1. The van der Waals surface area contributed by atoms with E-state index in [4.69, 9.17) is 4.74 Å². The second kappa shape index (κ2) is 5.96. The number of hydrogen-bond donors (Lipinski definition) is 2. The summed E-state index contributed by atoms with van der Waals surface area (Å²) in [6, 6.07) is 0. The molecule has 0 bridgehead atoms. The number of aliphatic carboxylic acids is 1. The molecule has 0 atom stereocenters. The maximum atomic E-state index is 12.1. The highest BCUT2D eigenvalue weighted by atomic mass is 16.6. The molecule has 2 N–H and O–H groups in total. The van der Waals surface area contributed by atoms with Gasteiger partial charge in [-0.15, -0.1) is 0 Å². The molecular formula is C17H30N2O4. The number of ether oxygens (including phenoxy) is 1. The molecular weight excluding hydrogens is 296 g/mol. The molecule has 1 amide bonds. The second-order valence-corrected chi connectivity index (χ2v) is 8.56. The molecule has 1 heterocycles. The summed E-state index contributed by atoms with van der Waals surface area (Å²) in [7, 11) is 0. The summed E-state index contributed by atoms with van der Waals surface area (Å²) in [6.45, 7) is 11.5. The lowest BCUT2D eigenvalue weighted by molar-refractivity contribution is -0.141. The monoisotopic (exact) mass is 326 g/mol. The van der Waals surface area contributed by atoms with Gasteiger partial charge in [-0.2, -0.15) is 0 Å². The minimum Gasteiger partial charge on any atom is -0.481 e. The smallest absolute Gasteiger partial charge is 0.410 e. The first-order chi connectivity index (χ1) is 10.5. The Kier molecular flexibility index (Phi) is 4.68. The molecule has 2 aliphatic rings. The van der Waals surface area contributed by atoms with E-state index >= 15 is 0 Å². The maximum absolute atomic E-state index is 12.1. The number of nitrogens with one attached hydrogen (secondary N) is 1. The van der Waals surface area contributed by atoms with Crippen molar-refractivity contribution >= 4 is 12.1 Å². The molecule has 1 aliphatic carbocycles. The third-order valence-electron chi connectivity index (χ3n) is 5.06. The van der Waals surface area contributed by atoms with Crippen LogP contribution in [0.2, 0.25) is 0 Å². The molecule has 1 saturated heterocycles. The Hall–Kier alpha value is -1.30. The van der Waals surface area contributed by atoms with E-state index in [2.05, 4.69) is 19.2 Å². The Bertz CT molecular complexity index is 471. The number of carbonyl (C=O) groups is 2. The zero-order valence-corrected chi connectivity index (χ0v) is 14.9. The molecule has 2 fully saturated rings. The molecule has 6 nitrogen and oxygen atoms in total. The van der Waals surface area contributed by atoms with Crippen molar-refractivity contribution in [2.75, 3.05) is 19.6 Å². The third-order valence-corrected chi connectivity index (χ3v) is 5.06. The van der Waals surface area contributed by atoms with E-state index in [0.717, 1.165) is 6.54 Å². The molecule has 6 heteroatoms. The summed E-state index contributed by atoms with van der Waals surface area (Å²) in [4.78, 5) is 24.9. The Morgan fingerprint density at radius 3 is 2.22 bits per heavy atom. The van der Waals surface area contributed by atoms with Gasteiger partial charge < -0.3 is 20.1 Å². The molecule has 1 saturated carbocycles. The number of nitrogens with zero attached hydrogens (tertiary/aromatic N) is 1. The second-order valence-electron chi connectivity index (χ2n) is 8.56. The average molecular weight is 326 g/mol. The highest BCUT2D eigenvalue weighted by molar-refractivity contribution is 5.73. The number of carboxylic acid groups (broad SMARTS) is 1. The lowest BCUT2D eigenvalue weighted by atomic mass is 9.84. The molecule has 0 spiro atoms. The van der Waals surface area contributed by atoms with Crippen LogP contribution < -0.4 is 5.32 Å². The standard InChI is InChI=1S/C17H30N2O4/c1-12(2)16(6-7-16)9-18-17(8-13(20)21)10-19(11-17)14(22)23-15(3,4)5/h12,18H,6-11H2,1-5H3,(H,20,21). The fourth-order valence-electron chi connectivity index (χ4n) is 3.20. The predicted octanol–water partition coefficient (Wildman–Crippen LogP) is 2.48.